The minimum atomic E-state index is -0.500. The van der Waals surface area contributed by atoms with Crippen molar-refractivity contribution in [2.45, 2.75) is 0 Å². The van der Waals surface area contributed by atoms with E-state index in [0.29, 0.717) is 0 Å². The van der Waals surface area contributed by atoms with Gasteiger partial charge in [0.2, 0.25) is 0 Å². The minimum absolute atomic E-state index is 0. The summed E-state index contributed by atoms with van der Waals surface area (Å²) in [5.41, 5.74) is 8.80. The molecule has 0 atom stereocenters. The minimum Gasteiger partial charge on any atom is -0.487 e. The van der Waals surface area contributed by atoms with Gasteiger partial charge in [-0.05, 0) is 24.4 Å². The fraction of sp³-hybridized carbons (Fsp3) is 0. The van der Waals surface area contributed by atoms with Crippen LogP contribution in [0.5, 0.6) is 0 Å². The Bertz CT molecular complexity index is 75.8. The Hall–Kier alpha value is -0.270. The van der Waals surface area contributed by atoms with Crippen LogP contribution in [-0.4, -0.2) is 20.6 Å². The van der Waals surface area contributed by atoms with Crippen molar-refractivity contribution < 1.29 is 10.2 Å². The number of nitrogens with two attached hydrogens (primary N) is 2. The lowest BCUT2D eigenvalue weighted by Gasteiger charge is -1.67. The van der Waals surface area contributed by atoms with E-state index < -0.39 is 10.3 Å². The van der Waals surface area contributed by atoms with Crippen molar-refractivity contribution in [1.82, 2.24) is 0 Å². The molecule has 0 saturated carbocycles. The molecular formula is C2H8N2O2S3. The summed E-state index contributed by atoms with van der Waals surface area (Å²) in [6, 6.07) is 0. The highest BCUT2D eigenvalue weighted by Gasteiger charge is 1.57. The first-order chi connectivity index (χ1) is 3.46. The molecule has 0 aliphatic rings. The van der Waals surface area contributed by atoms with Crippen LogP contribution >= 0.6 is 37.9 Å². The molecule has 0 unspecified atom stereocenters. The zero-order valence-corrected chi connectivity index (χ0v) is 7.00. The molecule has 0 aromatic rings. The van der Waals surface area contributed by atoms with E-state index in [1.807, 2.05) is 0 Å². The van der Waals surface area contributed by atoms with Crippen molar-refractivity contribution in [2.75, 3.05) is 0 Å². The highest BCUT2D eigenvalue weighted by atomic mass is 32.1. The lowest BCUT2D eigenvalue weighted by molar-refractivity contribution is 0.559. The highest BCUT2D eigenvalue weighted by Crippen LogP contribution is 1.40. The Labute approximate surface area is 70.3 Å². The van der Waals surface area contributed by atoms with Crippen LogP contribution in [0.2, 0.25) is 0 Å². The maximum Gasteiger partial charge on any atom is 0.251 e. The summed E-state index contributed by atoms with van der Waals surface area (Å²) in [6.45, 7) is 0. The molecule has 0 aliphatic heterocycles. The first-order valence-electron chi connectivity index (χ1n) is 1.43. The molecule has 0 bridgehead atoms. The van der Waals surface area contributed by atoms with E-state index in [1.54, 1.807) is 0 Å². The van der Waals surface area contributed by atoms with Gasteiger partial charge >= 0.3 is 0 Å². The predicted molar refractivity (Wildman–Crippen MR) is 49.2 cm³/mol. The molecule has 0 fully saturated rings. The van der Waals surface area contributed by atoms with Crippen molar-refractivity contribution in [2.24, 2.45) is 11.5 Å². The third-order valence-electron chi connectivity index (χ3n) is 0. The molecule has 4 nitrogen and oxygen atoms in total. The number of aliphatic hydroxyl groups excluding tert-OH is 2. The zero-order valence-electron chi connectivity index (χ0n) is 4.37. The maximum absolute atomic E-state index is 7.56. The summed E-state index contributed by atoms with van der Waals surface area (Å²) in [7, 11) is 0. The molecule has 7 heteroatoms. The summed E-state index contributed by atoms with van der Waals surface area (Å²) >= 11 is 7.74. The molecule has 0 aromatic heterocycles. The van der Waals surface area contributed by atoms with Crippen LogP contribution in [0.25, 0.3) is 0 Å². The maximum atomic E-state index is 7.56. The number of hydrogen-bond acceptors (Lipinski definition) is 2. The average Bonchev–Trinajstić information content (AvgIpc) is 1.25. The van der Waals surface area contributed by atoms with Crippen molar-refractivity contribution in [3.63, 3.8) is 0 Å². The lowest BCUT2D eigenvalue weighted by atomic mass is 11.4. The van der Waals surface area contributed by atoms with Crippen molar-refractivity contribution >= 4 is 48.3 Å². The summed E-state index contributed by atoms with van der Waals surface area (Å²) in [4.78, 5) is 0. The Balaban J connectivity index is -0.0000000720. The molecule has 0 aliphatic carbocycles. The van der Waals surface area contributed by atoms with Crippen LogP contribution in [0.3, 0.4) is 0 Å². The van der Waals surface area contributed by atoms with Gasteiger partial charge in [0, 0.05) is 0 Å². The Morgan fingerprint density at radius 2 is 1.00 bits per heavy atom. The number of thiocarbonyl (C=S) groups is 2. The SMILES string of the molecule is NC(O)=S.NC(O)=S.S. The van der Waals surface area contributed by atoms with Gasteiger partial charge in [0.15, 0.2) is 0 Å². The Kier molecular flexibility index (Phi) is 18.8. The molecule has 0 aromatic carbocycles. The molecule has 0 heterocycles. The van der Waals surface area contributed by atoms with E-state index in [1.165, 1.54) is 0 Å². The summed E-state index contributed by atoms with van der Waals surface area (Å²) in [6.07, 6.45) is 0. The van der Waals surface area contributed by atoms with Gasteiger partial charge in [-0.25, -0.2) is 0 Å². The summed E-state index contributed by atoms with van der Waals surface area (Å²) in [5, 5.41) is 14.1. The van der Waals surface area contributed by atoms with Gasteiger partial charge in [-0.3, -0.25) is 0 Å². The number of aliphatic hydroxyl groups is 2. The van der Waals surface area contributed by atoms with Crippen molar-refractivity contribution in [3.8, 4) is 0 Å². The first kappa shape index (κ1) is 15.9. The molecule has 0 spiro atoms. The third-order valence-corrected chi connectivity index (χ3v) is 0. The second-order valence-corrected chi connectivity index (χ2v) is 1.51. The molecule has 0 rings (SSSR count). The van der Waals surface area contributed by atoms with Gasteiger partial charge in [-0.2, -0.15) is 13.5 Å². The van der Waals surface area contributed by atoms with Crippen molar-refractivity contribution in [3.05, 3.63) is 0 Å². The predicted octanol–water partition coefficient (Wildman–Crippen LogP) is -0.311. The standard InChI is InChI=1S/2CH3NOS.H2S/c2*2-1(3)4;/h2*(H3,2,3,4);1H2. The summed E-state index contributed by atoms with van der Waals surface area (Å²) < 4.78 is 0. The molecule has 0 amide bonds. The van der Waals surface area contributed by atoms with E-state index in [-0.39, 0.29) is 13.5 Å². The van der Waals surface area contributed by atoms with Crippen LogP contribution in [0.15, 0.2) is 0 Å². The van der Waals surface area contributed by atoms with Crippen LogP contribution < -0.4 is 11.5 Å². The van der Waals surface area contributed by atoms with E-state index >= 15 is 0 Å². The van der Waals surface area contributed by atoms with Gasteiger partial charge in [0.25, 0.3) is 10.3 Å². The first-order valence-corrected chi connectivity index (χ1v) is 2.25. The van der Waals surface area contributed by atoms with Gasteiger partial charge < -0.3 is 21.7 Å². The normalized spacial score (nSPS) is 5.33. The smallest absolute Gasteiger partial charge is 0.251 e. The highest BCUT2D eigenvalue weighted by molar-refractivity contribution is 7.80. The van der Waals surface area contributed by atoms with Gasteiger partial charge in [-0.15, -0.1) is 0 Å². The quantitative estimate of drug-likeness (QED) is 0.390. The number of rotatable bonds is 0. The monoisotopic (exact) mass is 188 g/mol. The summed E-state index contributed by atoms with van der Waals surface area (Å²) in [5.74, 6) is 0. The molecule has 0 radical (unpaired) electrons. The second-order valence-electron chi connectivity index (χ2n) is 0.676. The Morgan fingerprint density at radius 1 is 1.00 bits per heavy atom. The largest absolute Gasteiger partial charge is 0.487 e. The molecular weight excluding hydrogens is 180 g/mol. The fourth-order valence-electron chi connectivity index (χ4n) is 0. The lowest BCUT2D eigenvalue weighted by Crippen LogP contribution is -2.03. The van der Waals surface area contributed by atoms with Crippen LogP contribution in [0.1, 0.15) is 0 Å². The van der Waals surface area contributed by atoms with Gasteiger partial charge in [0.1, 0.15) is 0 Å². The molecule has 9 heavy (non-hydrogen) atoms. The van der Waals surface area contributed by atoms with E-state index in [9.17, 15) is 0 Å². The zero-order chi connectivity index (χ0) is 7.15. The Morgan fingerprint density at radius 3 is 1.00 bits per heavy atom. The van der Waals surface area contributed by atoms with Crippen LogP contribution in [-0.2, 0) is 0 Å². The van der Waals surface area contributed by atoms with E-state index in [0.717, 1.165) is 0 Å². The number of hydrogen-bond donors (Lipinski definition) is 4. The topological polar surface area (TPSA) is 92.5 Å². The fourth-order valence-corrected chi connectivity index (χ4v) is 0. The van der Waals surface area contributed by atoms with Crippen LogP contribution in [0.4, 0.5) is 0 Å². The second kappa shape index (κ2) is 10.7. The molecule has 56 valence electrons. The van der Waals surface area contributed by atoms with Crippen LogP contribution in [0, 0.1) is 0 Å². The van der Waals surface area contributed by atoms with E-state index in [4.69, 9.17) is 10.2 Å². The van der Waals surface area contributed by atoms with Crippen molar-refractivity contribution in [1.29, 1.82) is 0 Å². The molecule has 0 saturated heterocycles. The van der Waals surface area contributed by atoms with Gasteiger partial charge in [-0.1, -0.05) is 0 Å². The van der Waals surface area contributed by atoms with Gasteiger partial charge in [0.05, 0.1) is 0 Å². The van der Waals surface area contributed by atoms with E-state index in [2.05, 4.69) is 35.9 Å². The average molecular weight is 188 g/mol. The third kappa shape index (κ3) is 3480. The molecule has 6 N–H and O–H groups in total.